The van der Waals surface area contributed by atoms with Gasteiger partial charge in [0, 0.05) is 31.1 Å². The molecular weight excluding hydrogens is 266 g/mol. The van der Waals surface area contributed by atoms with Crippen LogP contribution in [0.3, 0.4) is 0 Å². The third-order valence-corrected chi connectivity index (χ3v) is 5.35. The molecule has 0 aromatic heterocycles. The summed E-state index contributed by atoms with van der Waals surface area (Å²) in [5.41, 5.74) is 6.07. The zero-order chi connectivity index (χ0) is 14.7. The molecule has 21 heavy (non-hydrogen) atoms. The van der Waals surface area contributed by atoms with E-state index in [1.54, 1.807) is 0 Å². The number of amides is 1. The van der Waals surface area contributed by atoms with E-state index in [1.165, 1.54) is 25.8 Å². The molecule has 1 saturated carbocycles. The van der Waals surface area contributed by atoms with Gasteiger partial charge in [-0.1, -0.05) is 19.3 Å². The van der Waals surface area contributed by atoms with Crippen molar-refractivity contribution in [1.29, 1.82) is 0 Å². The average molecular weight is 295 g/mol. The molecule has 1 amide bonds. The van der Waals surface area contributed by atoms with Crippen molar-refractivity contribution in [3.63, 3.8) is 0 Å². The number of fused-ring (bicyclic) bond motifs is 1. The largest absolute Gasteiger partial charge is 0.373 e. The number of ether oxygens (including phenoxy) is 1. The lowest BCUT2D eigenvalue weighted by molar-refractivity contribution is -0.124. The van der Waals surface area contributed by atoms with Crippen molar-refractivity contribution in [2.75, 3.05) is 26.2 Å². The van der Waals surface area contributed by atoms with Crippen LogP contribution in [0.15, 0.2) is 0 Å². The predicted octanol–water partition coefficient (Wildman–Crippen LogP) is 1.02. The van der Waals surface area contributed by atoms with Crippen LogP contribution in [0.4, 0.5) is 0 Å². The molecule has 2 saturated heterocycles. The second-order valence-electron chi connectivity index (χ2n) is 7.15. The molecule has 0 aromatic carbocycles. The van der Waals surface area contributed by atoms with Gasteiger partial charge >= 0.3 is 0 Å². The number of nitrogens with zero attached hydrogens (tertiary/aromatic N) is 1. The molecule has 5 heteroatoms. The van der Waals surface area contributed by atoms with Crippen LogP contribution in [0.2, 0.25) is 0 Å². The lowest BCUT2D eigenvalue weighted by Crippen LogP contribution is -2.51. The third-order valence-electron chi connectivity index (χ3n) is 5.35. The summed E-state index contributed by atoms with van der Waals surface area (Å²) in [4.78, 5) is 14.6. The van der Waals surface area contributed by atoms with E-state index in [0.717, 1.165) is 38.8 Å². The van der Waals surface area contributed by atoms with Crippen molar-refractivity contribution in [3.8, 4) is 0 Å². The molecule has 2 heterocycles. The molecule has 1 aliphatic carbocycles. The Balaban J connectivity index is 1.39. The van der Waals surface area contributed by atoms with E-state index in [2.05, 4.69) is 10.2 Å². The van der Waals surface area contributed by atoms with Crippen LogP contribution in [0.1, 0.15) is 51.4 Å². The smallest absolute Gasteiger partial charge is 0.221 e. The first-order valence-electron chi connectivity index (χ1n) is 8.56. The Morgan fingerprint density at radius 2 is 2.10 bits per heavy atom. The van der Waals surface area contributed by atoms with Crippen LogP contribution in [-0.4, -0.2) is 54.7 Å². The molecule has 3 fully saturated rings. The number of carbonyl (C=O) groups is 1. The first kappa shape index (κ1) is 15.3. The first-order chi connectivity index (χ1) is 10.1. The summed E-state index contributed by atoms with van der Waals surface area (Å²) in [6, 6.07) is 0.617. The van der Waals surface area contributed by atoms with Crippen molar-refractivity contribution in [2.24, 2.45) is 5.73 Å². The van der Waals surface area contributed by atoms with Gasteiger partial charge in [-0.15, -0.1) is 0 Å². The number of hydrogen-bond donors (Lipinski definition) is 2. The molecule has 0 spiro atoms. The number of morpholine rings is 1. The Labute approximate surface area is 127 Å². The molecule has 2 aliphatic heterocycles. The van der Waals surface area contributed by atoms with Crippen molar-refractivity contribution >= 4 is 5.91 Å². The molecule has 3 N–H and O–H groups in total. The van der Waals surface area contributed by atoms with E-state index in [9.17, 15) is 4.79 Å². The highest BCUT2D eigenvalue weighted by molar-refractivity contribution is 5.77. The summed E-state index contributed by atoms with van der Waals surface area (Å²) in [6.07, 6.45) is 8.68. The number of rotatable bonds is 4. The maximum atomic E-state index is 12.1. The summed E-state index contributed by atoms with van der Waals surface area (Å²) < 4.78 is 5.87. The van der Waals surface area contributed by atoms with Gasteiger partial charge < -0.3 is 15.8 Å². The zero-order valence-electron chi connectivity index (χ0n) is 13.0. The minimum atomic E-state index is -0.268. The van der Waals surface area contributed by atoms with E-state index < -0.39 is 0 Å². The molecule has 3 aliphatic rings. The topological polar surface area (TPSA) is 67.6 Å². The first-order valence-corrected chi connectivity index (χ1v) is 8.56. The molecule has 3 rings (SSSR count). The standard InChI is InChI=1S/C16H29N3O2/c17-16(6-2-1-3-7-16)9-15(20)18-10-14-11-19-8-4-5-13(19)12-21-14/h13-14H,1-12,17H2,(H,18,20). The number of hydrogen-bond acceptors (Lipinski definition) is 4. The highest BCUT2D eigenvalue weighted by Gasteiger charge is 2.33. The fraction of sp³-hybridized carbons (Fsp3) is 0.938. The van der Waals surface area contributed by atoms with Gasteiger partial charge in [0.1, 0.15) is 0 Å². The lowest BCUT2D eigenvalue weighted by atomic mass is 9.80. The molecule has 0 bridgehead atoms. The van der Waals surface area contributed by atoms with Gasteiger partial charge in [0.05, 0.1) is 12.7 Å². The minimum absolute atomic E-state index is 0.0894. The highest BCUT2D eigenvalue weighted by Crippen LogP contribution is 2.28. The fourth-order valence-corrected chi connectivity index (χ4v) is 4.05. The Hall–Kier alpha value is -0.650. The minimum Gasteiger partial charge on any atom is -0.373 e. The average Bonchev–Trinajstić information content (AvgIpc) is 2.93. The van der Waals surface area contributed by atoms with Gasteiger partial charge in [0.15, 0.2) is 0 Å². The van der Waals surface area contributed by atoms with Gasteiger partial charge in [-0.05, 0) is 32.2 Å². The SMILES string of the molecule is NC1(CC(=O)NCC2CN3CCCC3CO2)CCCCC1. The summed E-state index contributed by atoms with van der Waals surface area (Å²) in [7, 11) is 0. The molecule has 0 aromatic rings. The van der Waals surface area contributed by atoms with Crippen molar-refractivity contribution in [1.82, 2.24) is 10.2 Å². The lowest BCUT2D eigenvalue weighted by Gasteiger charge is -2.36. The predicted molar refractivity (Wildman–Crippen MR) is 82.0 cm³/mol. The van der Waals surface area contributed by atoms with Crippen LogP contribution >= 0.6 is 0 Å². The summed E-state index contributed by atoms with van der Waals surface area (Å²) in [6.45, 7) is 3.59. The molecule has 0 radical (unpaired) electrons. The molecule has 2 atom stereocenters. The number of nitrogens with one attached hydrogen (secondary N) is 1. The van der Waals surface area contributed by atoms with E-state index in [0.29, 0.717) is 19.0 Å². The number of carbonyl (C=O) groups excluding carboxylic acids is 1. The molecule has 5 nitrogen and oxygen atoms in total. The maximum Gasteiger partial charge on any atom is 0.221 e. The van der Waals surface area contributed by atoms with Gasteiger partial charge in [-0.3, -0.25) is 9.69 Å². The quantitative estimate of drug-likeness (QED) is 0.812. The van der Waals surface area contributed by atoms with Crippen molar-refractivity contribution in [2.45, 2.75) is 69.1 Å². The second-order valence-corrected chi connectivity index (χ2v) is 7.15. The number of nitrogens with two attached hydrogens (primary N) is 1. The summed E-state index contributed by atoms with van der Waals surface area (Å²) in [5.74, 6) is 0.0894. The van der Waals surface area contributed by atoms with Gasteiger partial charge in [0.25, 0.3) is 0 Å². The second kappa shape index (κ2) is 6.63. The summed E-state index contributed by atoms with van der Waals surface area (Å²) >= 11 is 0. The van der Waals surface area contributed by atoms with Gasteiger partial charge in [0.2, 0.25) is 5.91 Å². The Bertz CT molecular complexity index is 369. The molecule has 120 valence electrons. The third kappa shape index (κ3) is 3.96. The Morgan fingerprint density at radius 3 is 2.90 bits per heavy atom. The van der Waals surface area contributed by atoms with Crippen LogP contribution in [0, 0.1) is 0 Å². The van der Waals surface area contributed by atoms with E-state index >= 15 is 0 Å². The highest BCUT2D eigenvalue weighted by atomic mass is 16.5. The van der Waals surface area contributed by atoms with Crippen LogP contribution < -0.4 is 11.1 Å². The fourth-order valence-electron chi connectivity index (χ4n) is 4.05. The van der Waals surface area contributed by atoms with Crippen LogP contribution in [0.25, 0.3) is 0 Å². The Kier molecular flexibility index (Phi) is 4.82. The summed E-state index contributed by atoms with van der Waals surface area (Å²) in [5, 5.41) is 3.03. The van der Waals surface area contributed by atoms with Crippen LogP contribution in [0.5, 0.6) is 0 Å². The Morgan fingerprint density at radius 1 is 1.29 bits per heavy atom. The molecular formula is C16H29N3O2. The van der Waals surface area contributed by atoms with Gasteiger partial charge in [-0.2, -0.15) is 0 Å². The maximum absolute atomic E-state index is 12.1. The monoisotopic (exact) mass is 295 g/mol. The van der Waals surface area contributed by atoms with E-state index in [-0.39, 0.29) is 17.6 Å². The van der Waals surface area contributed by atoms with Crippen molar-refractivity contribution < 1.29 is 9.53 Å². The van der Waals surface area contributed by atoms with Crippen molar-refractivity contribution in [3.05, 3.63) is 0 Å². The van der Waals surface area contributed by atoms with E-state index in [4.69, 9.17) is 10.5 Å². The molecule has 2 unspecified atom stereocenters. The normalized spacial score (nSPS) is 32.6. The van der Waals surface area contributed by atoms with Gasteiger partial charge in [-0.25, -0.2) is 0 Å². The van der Waals surface area contributed by atoms with Crippen LogP contribution in [-0.2, 0) is 9.53 Å². The van der Waals surface area contributed by atoms with E-state index in [1.807, 2.05) is 0 Å². The zero-order valence-corrected chi connectivity index (χ0v) is 13.0.